The highest BCUT2D eigenvalue weighted by Crippen LogP contribution is 2.40. The van der Waals surface area contributed by atoms with Gasteiger partial charge in [0.2, 0.25) is 0 Å². The monoisotopic (exact) mass is 590 g/mol. The van der Waals surface area contributed by atoms with Crippen LogP contribution in [-0.2, 0) is 24.2 Å². The number of nitrogens with zero attached hydrogens (tertiary/aromatic N) is 2. The Bertz CT molecular complexity index is 1150. The van der Waals surface area contributed by atoms with Crippen LogP contribution in [0.3, 0.4) is 0 Å². The molecule has 2 heterocycles. The lowest BCUT2D eigenvalue weighted by atomic mass is 10.0. The van der Waals surface area contributed by atoms with Crippen molar-refractivity contribution in [3.63, 3.8) is 0 Å². The topological polar surface area (TPSA) is 51.1 Å². The molecule has 0 radical (unpaired) electrons. The third-order valence-corrected chi connectivity index (χ3v) is 7.70. The number of ether oxygens (including phenoxy) is 2. The van der Waals surface area contributed by atoms with E-state index in [2.05, 4.69) is 61.0 Å². The summed E-state index contributed by atoms with van der Waals surface area (Å²) in [6, 6.07) is 14.3. The van der Waals surface area contributed by atoms with E-state index in [1.165, 1.54) is 10.4 Å². The number of carbonyl (C=O) groups excluding carboxylic acids is 1. The van der Waals surface area contributed by atoms with E-state index < -0.39 is 0 Å². The van der Waals surface area contributed by atoms with Gasteiger partial charge in [-0.05, 0) is 74.0 Å². The maximum absolute atomic E-state index is 12.8. The van der Waals surface area contributed by atoms with Crippen molar-refractivity contribution in [2.24, 2.45) is 4.99 Å². The first-order chi connectivity index (χ1) is 16.0. The molecule has 0 saturated heterocycles. The first kappa shape index (κ1) is 24.1. The number of esters is 1. The van der Waals surface area contributed by atoms with E-state index >= 15 is 0 Å². The summed E-state index contributed by atoms with van der Waals surface area (Å²) in [5, 5.41) is 0.697. The predicted octanol–water partition coefficient (Wildman–Crippen LogP) is 6.77. The van der Waals surface area contributed by atoms with Gasteiger partial charge >= 0.3 is 5.97 Å². The number of rotatable bonds is 7. The lowest BCUT2D eigenvalue weighted by Crippen LogP contribution is -2.29. The van der Waals surface area contributed by atoms with Gasteiger partial charge in [0, 0.05) is 30.7 Å². The molecule has 1 aliphatic rings. The van der Waals surface area contributed by atoms with Crippen LogP contribution in [0.2, 0.25) is 0 Å². The highest BCUT2D eigenvalue weighted by Gasteiger charge is 2.28. The zero-order valence-electron chi connectivity index (χ0n) is 18.4. The number of thiophene rings is 1. The third-order valence-electron chi connectivity index (χ3n) is 5.40. The lowest BCUT2D eigenvalue weighted by Gasteiger charge is -2.27. The first-order valence-electron chi connectivity index (χ1n) is 10.6. The number of carbonyl (C=O) groups is 1. The van der Waals surface area contributed by atoms with E-state index in [0.29, 0.717) is 17.2 Å². The number of hydrogen-bond acceptors (Lipinski definition) is 6. The zero-order valence-corrected chi connectivity index (χ0v) is 22.4. The second-order valence-electron chi connectivity index (χ2n) is 7.63. The predicted molar refractivity (Wildman–Crippen MR) is 140 cm³/mol. The average Bonchev–Trinajstić information content (AvgIpc) is 3.16. The van der Waals surface area contributed by atoms with Gasteiger partial charge in [-0.15, -0.1) is 11.3 Å². The van der Waals surface area contributed by atoms with Crippen LogP contribution in [0.5, 0.6) is 5.75 Å². The smallest absolute Gasteiger partial charge is 0.341 e. The van der Waals surface area contributed by atoms with Crippen LogP contribution in [-0.4, -0.2) is 37.3 Å². The molecule has 0 fully saturated rings. The Hall–Kier alpha value is -2.00. The number of halogens is 2. The summed E-state index contributed by atoms with van der Waals surface area (Å²) in [7, 11) is 1.63. The standard InChI is InChI=1S/C25H24Br2N2O3S/c1-3-32-25(30)22-18-9-10-29(14-16-7-5-4-6-8-16)15-21(18)33-24(22)28-13-17-11-19(26)23(31-2)20(27)12-17/h4-8,11-13H,3,9-10,14-15H2,1-2H3. The summed E-state index contributed by atoms with van der Waals surface area (Å²) in [6.07, 6.45) is 2.58. The number of methoxy groups -OCH3 is 1. The molecule has 0 N–H and O–H groups in total. The van der Waals surface area contributed by atoms with Crippen molar-refractivity contribution in [3.05, 3.63) is 78.5 Å². The molecular formula is C25H24Br2N2O3S. The molecule has 5 nitrogen and oxygen atoms in total. The molecule has 33 heavy (non-hydrogen) atoms. The summed E-state index contributed by atoms with van der Waals surface area (Å²) in [6.45, 7) is 4.75. The second kappa shape index (κ2) is 11.0. The normalized spacial score (nSPS) is 13.8. The van der Waals surface area contributed by atoms with Crippen molar-refractivity contribution in [2.75, 3.05) is 20.3 Å². The van der Waals surface area contributed by atoms with Crippen molar-refractivity contribution in [3.8, 4) is 5.75 Å². The number of aliphatic imine (C=N–C) groups is 1. The van der Waals surface area contributed by atoms with E-state index in [9.17, 15) is 4.79 Å². The molecule has 2 aromatic carbocycles. The molecule has 4 rings (SSSR count). The van der Waals surface area contributed by atoms with Crippen LogP contribution in [0.15, 0.2) is 56.4 Å². The summed E-state index contributed by atoms with van der Waals surface area (Å²) in [5.41, 5.74) is 3.87. The molecule has 1 aliphatic heterocycles. The lowest BCUT2D eigenvalue weighted by molar-refractivity contribution is 0.0526. The quantitative estimate of drug-likeness (QED) is 0.225. The van der Waals surface area contributed by atoms with Crippen LogP contribution in [0.25, 0.3) is 0 Å². The zero-order chi connectivity index (χ0) is 23.4. The van der Waals surface area contributed by atoms with Crippen LogP contribution in [0, 0.1) is 0 Å². The number of hydrogen-bond donors (Lipinski definition) is 0. The van der Waals surface area contributed by atoms with E-state index in [1.54, 1.807) is 24.7 Å². The fourth-order valence-electron chi connectivity index (χ4n) is 3.91. The Morgan fingerprint density at radius 2 is 1.94 bits per heavy atom. The summed E-state index contributed by atoms with van der Waals surface area (Å²) in [5.74, 6) is 0.431. The molecule has 172 valence electrons. The van der Waals surface area contributed by atoms with Crippen LogP contribution < -0.4 is 4.74 Å². The molecule has 0 aliphatic carbocycles. The molecule has 1 aromatic heterocycles. The largest absolute Gasteiger partial charge is 0.494 e. The highest BCUT2D eigenvalue weighted by molar-refractivity contribution is 9.11. The van der Waals surface area contributed by atoms with Gasteiger partial charge in [0.15, 0.2) is 0 Å². The SMILES string of the molecule is CCOC(=O)c1c(N=Cc2cc(Br)c(OC)c(Br)c2)sc2c1CCN(Cc1ccccc1)C2. The average molecular weight is 592 g/mol. The maximum atomic E-state index is 12.8. The van der Waals surface area contributed by atoms with Crippen molar-refractivity contribution < 1.29 is 14.3 Å². The van der Waals surface area contributed by atoms with Gasteiger partial charge in [-0.3, -0.25) is 4.90 Å². The Morgan fingerprint density at radius 1 is 1.21 bits per heavy atom. The minimum Gasteiger partial charge on any atom is -0.494 e. The van der Waals surface area contributed by atoms with Gasteiger partial charge in [-0.25, -0.2) is 9.79 Å². The number of benzene rings is 2. The van der Waals surface area contributed by atoms with Crippen LogP contribution in [0.4, 0.5) is 5.00 Å². The van der Waals surface area contributed by atoms with Crippen molar-refractivity contribution in [1.29, 1.82) is 0 Å². The molecule has 0 spiro atoms. The Kier molecular flexibility index (Phi) is 8.01. The minimum absolute atomic E-state index is 0.296. The van der Waals surface area contributed by atoms with Crippen molar-refractivity contribution in [1.82, 2.24) is 4.90 Å². The summed E-state index contributed by atoms with van der Waals surface area (Å²) < 4.78 is 12.4. The Balaban J connectivity index is 1.63. The molecule has 3 aromatic rings. The van der Waals surface area contributed by atoms with Gasteiger partial charge < -0.3 is 9.47 Å². The minimum atomic E-state index is -0.296. The maximum Gasteiger partial charge on any atom is 0.341 e. The molecular weight excluding hydrogens is 568 g/mol. The molecule has 0 atom stereocenters. The summed E-state index contributed by atoms with van der Waals surface area (Å²) in [4.78, 5) is 21.2. The van der Waals surface area contributed by atoms with Gasteiger partial charge in [-0.1, -0.05) is 30.3 Å². The van der Waals surface area contributed by atoms with Crippen LogP contribution >= 0.6 is 43.2 Å². The molecule has 0 saturated carbocycles. The summed E-state index contributed by atoms with van der Waals surface area (Å²) >= 11 is 8.64. The fourth-order valence-corrected chi connectivity index (χ4v) is 6.67. The van der Waals surface area contributed by atoms with Crippen LogP contribution in [0.1, 0.15) is 38.8 Å². The fraction of sp³-hybridized carbons (Fsp3) is 0.280. The first-order valence-corrected chi connectivity index (χ1v) is 13.1. The van der Waals surface area contributed by atoms with Crippen molar-refractivity contribution in [2.45, 2.75) is 26.4 Å². The highest BCUT2D eigenvalue weighted by atomic mass is 79.9. The van der Waals surface area contributed by atoms with E-state index in [1.807, 2.05) is 25.1 Å². The molecule has 0 amide bonds. The molecule has 8 heteroatoms. The van der Waals surface area contributed by atoms with Crippen molar-refractivity contribution >= 4 is 60.4 Å². The van der Waals surface area contributed by atoms with Gasteiger partial charge in [0.05, 0.1) is 28.2 Å². The van der Waals surface area contributed by atoms with E-state index in [0.717, 1.165) is 51.9 Å². The van der Waals surface area contributed by atoms with Gasteiger partial charge in [-0.2, -0.15) is 0 Å². The van der Waals surface area contributed by atoms with Gasteiger partial charge in [0.1, 0.15) is 10.8 Å². The third kappa shape index (κ3) is 5.57. The Labute approximate surface area is 214 Å². The Morgan fingerprint density at radius 3 is 2.61 bits per heavy atom. The van der Waals surface area contributed by atoms with Gasteiger partial charge in [0.25, 0.3) is 0 Å². The van der Waals surface area contributed by atoms with E-state index in [-0.39, 0.29) is 5.97 Å². The second-order valence-corrected chi connectivity index (χ2v) is 10.4. The molecule has 0 bridgehead atoms. The van der Waals surface area contributed by atoms with E-state index in [4.69, 9.17) is 14.5 Å². The number of fused-ring (bicyclic) bond motifs is 1. The molecule has 0 unspecified atom stereocenters.